The Bertz CT molecular complexity index is 183. The fraction of sp³-hybridized carbons (Fsp3) is 1.00. The Morgan fingerprint density at radius 3 is 2.53 bits per heavy atom. The van der Waals surface area contributed by atoms with Gasteiger partial charge in [0, 0.05) is 19.1 Å². The van der Waals surface area contributed by atoms with E-state index in [1.165, 1.54) is 32.5 Å². The van der Waals surface area contributed by atoms with Crippen molar-refractivity contribution < 1.29 is 0 Å². The summed E-state index contributed by atoms with van der Waals surface area (Å²) in [4.78, 5) is 2.50. The summed E-state index contributed by atoms with van der Waals surface area (Å²) in [5, 5.41) is 3.51. The van der Waals surface area contributed by atoms with Crippen LogP contribution >= 0.6 is 0 Å². The zero-order chi connectivity index (χ0) is 11.5. The number of rotatable bonds is 3. The molecule has 1 rings (SSSR count). The van der Waals surface area contributed by atoms with Gasteiger partial charge in [-0.25, -0.2) is 0 Å². The molecule has 1 N–H and O–H groups in total. The van der Waals surface area contributed by atoms with Gasteiger partial charge in [-0.2, -0.15) is 0 Å². The summed E-state index contributed by atoms with van der Waals surface area (Å²) in [7, 11) is 2.26. The van der Waals surface area contributed by atoms with E-state index in [1.54, 1.807) is 0 Å². The Kier molecular flexibility index (Phi) is 4.60. The maximum Gasteiger partial charge on any atom is 0.00418 e. The van der Waals surface area contributed by atoms with Crippen LogP contribution in [0.25, 0.3) is 0 Å². The fourth-order valence-electron chi connectivity index (χ4n) is 2.72. The lowest BCUT2D eigenvalue weighted by Gasteiger charge is -2.33. The molecule has 0 radical (unpaired) electrons. The van der Waals surface area contributed by atoms with E-state index in [9.17, 15) is 0 Å². The SMILES string of the molecule is CC1CC(CN(C)CC(C)(C)C)CCN1. The zero-order valence-corrected chi connectivity index (χ0v) is 11.1. The van der Waals surface area contributed by atoms with Crippen LogP contribution in [0.5, 0.6) is 0 Å². The molecule has 1 fully saturated rings. The molecule has 1 saturated heterocycles. The van der Waals surface area contributed by atoms with Gasteiger partial charge in [-0.3, -0.25) is 0 Å². The van der Waals surface area contributed by atoms with Crippen LogP contribution in [0.2, 0.25) is 0 Å². The van der Waals surface area contributed by atoms with Crippen molar-refractivity contribution in [3.05, 3.63) is 0 Å². The first-order valence-corrected chi connectivity index (χ1v) is 6.29. The average Bonchev–Trinajstić information content (AvgIpc) is 1.99. The Morgan fingerprint density at radius 2 is 2.00 bits per heavy atom. The lowest BCUT2D eigenvalue weighted by molar-refractivity contribution is 0.174. The number of piperidine rings is 1. The first kappa shape index (κ1) is 13.0. The van der Waals surface area contributed by atoms with Crippen LogP contribution in [-0.4, -0.2) is 37.6 Å². The van der Waals surface area contributed by atoms with Gasteiger partial charge in [0.1, 0.15) is 0 Å². The predicted molar refractivity (Wildman–Crippen MR) is 67.1 cm³/mol. The van der Waals surface area contributed by atoms with E-state index in [2.05, 4.69) is 45.0 Å². The molecule has 0 aromatic heterocycles. The largest absolute Gasteiger partial charge is 0.314 e. The first-order chi connectivity index (χ1) is 6.87. The third-order valence-corrected chi connectivity index (χ3v) is 3.05. The van der Waals surface area contributed by atoms with Crippen molar-refractivity contribution in [3.63, 3.8) is 0 Å². The van der Waals surface area contributed by atoms with Crippen molar-refractivity contribution in [3.8, 4) is 0 Å². The van der Waals surface area contributed by atoms with Crippen molar-refractivity contribution in [1.82, 2.24) is 10.2 Å². The monoisotopic (exact) mass is 212 g/mol. The highest BCUT2D eigenvalue weighted by molar-refractivity contribution is 4.78. The van der Waals surface area contributed by atoms with Gasteiger partial charge in [0.05, 0.1) is 0 Å². The summed E-state index contributed by atoms with van der Waals surface area (Å²) in [6.07, 6.45) is 2.69. The van der Waals surface area contributed by atoms with E-state index < -0.39 is 0 Å². The summed E-state index contributed by atoms with van der Waals surface area (Å²) < 4.78 is 0. The molecule has 0 spiro atoms. The molecule has 0 aliphatic carbocycles. The highest BCUT2D eigenvalue weighted by atomic mass is 15.1. The summed E-state index contributed by atoms with van der Waals surface area (Å²) in [5.74, 6) is 0.897. The third kappa shape index (κ3) is 5.53. The zero-order valence-electron chi connectivity index (χ0n) is 11.1. The molecular weight excluding hydrogens is 184 g/mol. The van der Waals surface area contributed by atoms with Crippen molar-refractivity contribution >= 4 is 0 Å². The normalized spacial score (nSPS) is 28.4. The molecule has 0 aromatic rings. The molecule has 0 amide bonds. The highest BCUT2D eigenvalue weighted by Crippen LogP contribution is 2.19. The van der Waals surface area contributed by atoms with Gasteiger partial charge in [0.2, 0.25) is 0 Å². The minimum atomic E-state index is 0.424. The molecule has 15 heavy (non-hydrogen) atoms. The lowest BCUT2D eigenvalue weighted by atomic mass is 9.91. The Labute approximate surface area is 95.4 Å². The van der Waals surface area contributed by atoms with Gasteiger partial charge in [0.15, 0.2) is 0 Å². The molecule has 90 valence electrons. The molecule has 1 aliphatic heterocycles. The van der Waals surface area contributed by atoms with E-state index in [-0.39, 0.29) is 0 Å². The second-order valence-electron chi connectivity index (χ2n) is 6.50. The van der Waals surface area contributed by atoms with Gasteiger partial charge in [-0.05, 0) is 44.7 Å². The summed E-state index contributed by atoms with van der Waals surface area (Å²) >= 11 is 0. The summed E-state index contributed by atoms with van der Waals surface area (Å²) in [6, 6.07) is 0.715. The minimum absolute atomic E-state index is 0.424. The van der Waals surface area contributed by atoms with Crippen LogP contribution in [0.15, 0.2) is 0 Å². The van der Waals surface area contributed by atoms with E-state index >= 15 is 0 Å². The highest BCUT2D eigenvalue weighted by Gasteiger charge is 2.21. The number of nitrogens with one attached hydrogen (secondary N) is 1. The van der Waals surface area contributed by atoms with Crippen LogP contribution < -0.4 is 5.32 Å². The topological polar surface area (TPSA) is 15.3 Å². The summed E-state index contributed by atoms with van der Waals surface area (Å²) in [6.45, 7) is 12.9. The maximum atomic E-state index is 3.51. The van der Waals surface area contributed by atoms with Crippen LogP contribution in [0, 0.1) is 11.3 Å². The molecule has 0 aromatic carbocycles. The van der Waals surface area contributed by atoms with Gasteiger partial charge < -0.3 is 10.2 Å². The van der Waals surface area contributed by atoms with E-state index in [4.69, 9.17) is 0 Å². The molecule has 2 atom stereocenters. The smallest absolute Gasteiger partial charge is 0.00418 e. The Hall–Kier alpha value is -0.0800. The molecule has 2 heteroatoms. The molecule has 2 unspecified atom stereocenters. The van der Waals surface area contributed by atoms with Crippen molar-refractivity contribution in [2.45, 2.75) is 46.6 Å². The quantitative estimate of drug-likeness (QED) is 0.772. The average molecular weight is 212 g/mol. The minimum Gasteiger partial charge on any atom is -0.314 e. The van der Waals surface area contributed by atoms with E-state index in [0.717, 1.165) is 5.92 Å². The van der Waals surface area contributed by atoms with Crippen LogP contribution in [0.4, 0.5) is 0 Å². The van der Waals surface area contributed by atoms with Crippen LogP contribution in [0.1, 0.15) is 40.5 Å². The first-order valence-electron chi connectivity index (χ1n) is 6.29. The van der Waals surface area contributed by atoms with Crippen LogP contribution in [0.3, 0.4) is 0 Å². The Balaban J connectivity index is 2.28. The van der Waals surface area contributed by atoms with Crippen molar-refractivity contribution in [2.75, 3.05) is 26.7 Å². The molecule has 1 aliphatic rings. The summed E-state index contributed by atoms with van der Waals surface area (Å²) in [5.41, 5.74) is 0.424. The third-order valence-electron chi connectivity index (χ3n) is 3.05. The molecule has 2 nitrogen and oxygen atoms in total. The second kappa shape index (κ2) is 5.31. The number of hydrogen-bond donors (Lipinski definition) is 1. The lowest BCUT2D eigenvalue weighted by Crippen LogP contribution is -2.41. The van der Waals surface area contributed by atoms with E-state index in [0.29, 0.717) is 11.5 Å². The van der Waals surface area contributed by atoms with Gasteiger partial charge in [-0.1, -0.05) is 20.8 Å². The van der Waals surface area contributed by atoms with Crippen LogP contribution in [-0.2, 0) is 0 Å². The molecule has 0 bridgehead atoms. The van der Waals surface area contributed by atoms with Gasteiger partial charge >= 0.3 is 0 Å². The number of hydrogen-bond acceptors (Lipinski definition) is 2. The Morgan fingerprint density at radius 1 is 1.33 bits per heavy atom. The fourth-order valence-corrected chi connectivity index (χ4v) is 2.72. The molecular formula is C13H28N2. The van der Waals surface area contributed by atoms with Crippen molar-refractivity contribution in [1.29, 1.82) is 0 Å². The molecule has 0 saturated carbocycles. The molecule has 1 heterocycles. The van der Waals surface area contributed by atoms with Gasteiger partial charge in [0.25, 0.3) is 0 Å². The number of nitrogens with zero attached hydrogens (tertiary/aromatic N) is 1. The van der Waals surface area contributed by atoms with Gasteiger partial charge in [-0.15, -0.1) is 0 Å². The van der Waals surface area contributed by atoms with Crippen molar-refractivity contribution in [2.24, 2.45) is 11.3 Å². The predicted octanol–water partition coefficient (Wildman–Crippen LogP) is 2.35. The van der Waals surface area contributed by atoms with E-state index in [1.807, 2.05) is 0 Å². The maximum absolute atomic E-state index is 3.51. The second-order valence-corrected chi connectivity index (χ2v) is 6.50. The standard InChI is InChI=1S/C13H28N2/c1-11-8-12(6-7-14-11)9-15(5)10-13(2,3)4/h11-12,14H,6-10H2,1-5H3.